The molecule has 0 fully saturated rings. The lowest BCUT2D eigenvalue weighted by molar-refractivity contribution is -0.118. The zero-order chi connectivity index (χ0) is 12.4. The van der Waals surface area contributed by atoms with Crippen molar-refractivity contribution in [2.75, 3.05) is 12.4 Å². The molecule has 0 aliphatic rings. The third-order valence-electron chi connectivity index (χ3n) is 3.16. The van der Waals surface area contributed by atoms with Crippen LogP contribution in [0, 0.1) is 5.41 Å². The molecule has 1 N–H and O–H groups in total. The Morgan fingerprint density at radius 3 is 2.38 bits per heavy atom. The molecule has 0 aliphatic heterocycles. The van der Waals surface area contributed by atoms with Crippen molar-refractivity contribution in [3.05, 3.63) is 0 Å². The number of rotatable bonds is 9. The van der Waals surface area contributed by atoms with Crippen LogP contribution < -0.4 is 5.32 Å². The minimum absolute atomic E-state index is 0.0593. The van der Waals surface area contributed by atoms with Crippen LogP contribution in [0.2, 0.25) is 0 Å². The number of nitrogens with one attached hydrogen (secondary N) is 1. The smallest absolute Gasteiger partial charge is 0.234 e. The van der Waals surface area contributed by atoms with Crippen molar-refractivity contribution in [1.29, 1.82) is 0 Å². The second-order valence-electron chi connectivity index (χ2n) is 4.90. The summed E-state index contributed by atoms with van der Waals surface area (Å²) in [5.74, 6) is 0.00965. The Balaban J connectivity index is 3.95. The molecule has 0 spiro atoms. The molecule has 1 unspecified atom stereocenters. The van der Waals surface area contributed by atoms with Gasteiger partial charge in [0.1, 0.15) is 5.88 Å². The molecule has 0 aromatic heterocycles. The molecule has 1 atom stereocenters. The predicted molar refractivity (Wildman–Crippen MR) is 70.9 cm³/mol. The number of hydrogen-bond acceptors (Lipinski definition) is 1. The fraction of sp³-hybridized carbons (Fsp3) is 0.923. The topological polar surface area (TPSA) is 29.1 Å². The van der Waals surface area contributed by atoms with Crippen molar-refractivity contribution >= 4 is 17.5 Å². The number of carbonyl (C=O) groups is 1. The maximum absolute atomic E-state index is 11.0. The lowest BCUT2D eigenvalue weighted by atomic mass is 9.78. The summed E-state index contributed by atoms with van der Waals surface area (Å²) >= 11 is 5.43. The quantitative estimate of drug-likeness (QED) is 0.618. The molecule has 0 aromatic carbocycles. The van der Waals surface area contributed by atoms with Gasteiger partial charge >= 0.3 is 0 Å². The number of carbonyl (C=O) groups excluding carboxylic acids is 1. The van der Waals surface area contributed by atoms with Gasteiger partial charge in [0.25, 0.3) is 0 Å². The van der Waals surface area contributed by atoms with Crippen LogP contribution in [0.25, 0.3) is 0 Å². The van der Waals surface area contributed by atoms with Gasteiger partial charge in [0.05, 0.1) is 0 Å². The molecule has 0 rings (SSSR count). The highest BCUT2D eigenvalue weighted by Crippen LogP contribution is 2.33. The number of amides is 1. The Hall–Kier alpha value is -0.240. The van der Waals surface area contributed by atoms with Crippen LogP contribution >= 0.6 is 11.6 Å². The first-order valence-corrected chi connectivity index (χ1v) is 6.94. The third kappa shape index (κ3) is 7.10. The largest absolute Gasteiger partial charge is 0.355 e. The van der Waals surface area contributed by atoms with E-state index in [4.69, 9.17) is 11.6 Å². The van der Waals surface area contributed by atoms with Gasteiger partial charge in [-0.15, -0.1) is 11.6 Å². The van der Waals surface area contributed by atoms with Gasteiger partial charge in [-0.25, -0.2) is 0 Å². The summed E-state index contributed by atoms with van der Waals surface area (Å²) in [5.41, 5.74) is 0.379. The molecule has 0 saturated carbocycles. The van der Waals surface area contributed by atoms with Gasteiger partial charge in [0.2, 0.25) is 5.91 Å². The number of hydrogen-bond donors (Lipinski definition) is 1. The van der Waals surface area contributed by atoms with Crippen molar-refractivity contribution in [3.8, 4) is 0 Å². The molecule has 0 radical (unpaired) electrons. The van der Waals surface area contributed by atoms with Crippen LogP contribution in [0.1, 0.15) is 59.3 Å². The Kier molecular flexibility index (Phi) is 8.73. The monoisotopic (exact) mass is 247 g/mol. The van der Waals surface area contributed by atoms with E-state index < -0.39 is 0 Å². The highest BCUT2D eigenvalue weighted by molar-refractivity contribution is 6.27. The molecule has 3 heteroatoms. The Labute approximate surface area is 105 Å². The molecule has 0 aromatic rings. The van der Waals surface area contributed by atoms with Crippen molar-refractivity contribution in [1.82, 2.24) is 5.32 Å². The molecule has 0 bridgehead atoms. The van der Waals surface area contributed by atoms with Gasteiger partial charge in [-0.2, -0.15) is 0 Å². The highest BCUT2D eigenvalue weighted by atomic mass is 35.5. The van der Waals surface area contributed by atoms with Crippen LogP contribution in [-0.2, 0) is 4.79 Å². The van der Waals surface area contributed by atoms with E-state index in [1.807, 2.05) is 0 Å². The zero-order valence-corrected chi connectivity index (χ0v) is 11.7. The average molecular weight is 248 g/mol. The fourth-order valence-electron chi connectivity index (χ4n) is 2.13. The summed E-state index contributed by atoms with van der Waals surface area (Å²) in [6, 6.07) is 0. The Bertz CT molecular complexity index is 196. The first-order valence-electron chi connectivity index (χ1n) is 6.40. The summed E-state index contributed by atoms with van der Waals surface area (Å²) in [6.45, 7) is 7.54. The Morgan fingerprint density at radius 2 is 1.88 bits per heavy atom. The van der Waals surface area contributed by atoms with Gasteiger partial charge in [0.15, 0.2) is 0 Å². The molecular formula is C13H26ClNO. The number of unbranched alkanes of at least 4 members (excludes halogenated alkanes) is 1. The van der Waals surface area contributed by atoms with Gasteiger partial charge < -0.3 is 5.32 Å². The summed E-state index contributed by atoms with van der Waals surface area (Å²) in [4.78, 5) is 11.0. The van der Waals surface area contributed by atoms with E-state index in [9.17, 15) is 4.79 Å². The van der Waals surface area contributed by atoms with Crippen molar-refractivity contribution in [2.45, 2.75) is 59.3 Å². The van der Waals surface area contributed by atoms with E-state index in [2.05, 4.69) is 26.1 Å². The second kappa shape index (κ2) is 8.86. The van der Waals surface area contributed by atoms with E-state index in [1.165, 1.54) is 32.1 Å². The number of halogens is 1. The first kappa shape index (κ1) is 15.8. The van der Waals surface area contributed by atoms with Crippen LogP contribution in [0.15, 0.2) is 0 Å². The summed E-state index contributed by atoms with van der Waals surface area (Å²) in [6.07, 6.45) is 7.29. The molecule has 16 heavy (non-hydrogen) atoms. The molecule has 1 amide bonds. The molecule has 96 valence electrons. The summed E-state index contributed by atoms with van der Waals surface area (Å²) in [7, 11) is 0. The minimum Gasteiger partial charge on any atom is -0.355 e. The van der Waals surface area contributed by atoms with Gasteiger partial charge in [0, 0.05) is 6.54 Å². The Morgan fingerprint density at radius 1 is 1.19 bits per heavy atom. The molecule has 2 nitrogen and oxygen atoms in total. The van der Waals surface area contributed by atoms with Gasteiger partial charge in [-0.05, 0) is 24.7 Å². The van der Waals surface area contributed by atoms with Crippen molar-refractivity contribution in [2.24, 2.45) is 5.41 Å². The first-order chi connectivity index (χ1) is 7.58. The number of alkyl halides is 1. The second-order valence-corrected chi connectivity index (χ2v) is 5.17. The maximum Gasteiger partial charge on any atom is 0.234 e. The standard InChI is InChI=1S/C13H26ClNO/c1-4-6-8-13(3,7-5-2)9-10-15-12(16)11-14/h4-11H2,1-3H3,(H,15,16). The lowest BCUT2D eigenvalue weighted by Crippen LogP contribution is -2.30. The van der Waals surface area contributed by atoms with Gasteiger partial charge in [-0.3, -0.25) is 4.79 Å². The molecule has 0 aliphatic carbocycles. The van der Waals surface area contributed by atoms with E-state index in [1.54, 1.807) is 0 Å². The lowest BCUT2D eigenvalue weighted by Gasteiger charge is -2.29. The van der Waals surface area contributed by atoms with Crippen molar-refractivity contribution < 1.29 is 4.79 Å². The molecular weight excluding hydrogens is 222 g/mol. The van der Waals surface area contributed by atoms with Crippen molar-refractivity contribution in [3.63, 3.8) is 0 Å². The van der Waals surface area contributed by atoms with Crippen LogP contribution in [0.4, 0.5) is 0 Å². The molecule has 0 saturated heterocycles. The van der Waals surface area contributed by atoms with Crippen LogP contribution in [0.5, 0.6) is 0 Å². The molecule has 0 heterocycles. The van der Waals surface area contributed by atoms with Crippen LogP contribution in [-0.4, -0.2) is 18.3 Å². The minimum atomic E-state index is -0.0593. The van der Waals surface area contributed by atoms with Crippen LogP contribution in [0.3, 0.4) is 0 Å². The zero-order valence-electron chi connectivity index (χ0n) is 10.9. The van der Waals surface area contributed by atoms with E-state index in [0.717, 1.165) is 13.0 Å². The maximum atomic E-state index is 11.0. The summed E-state index contributed by atoms with van der Waals surface area (Å²) in [5, 5.41) is 2.85. The third-order valence-corrected chi connectivity index (χ3v) is 3.40. The fourth-order valence-corrected chi connectivity index (χ4v) is 2.23. The highest BCUT2D eigenvalue weighted by Gasteiger charge is 2.22. The van der Waals surface area contributed by atoms with Gasteiger partial charge in [-0.1, -0.05) is 40.0 Å². The predicted octanol–water partition coefficient (Wildman–Crippen LogP) is 3.73. The normalized spacial score (nSPS) is 14.5. The van der Waals surface area contributed by atoms with E-state index in [0.29, 0.717) is 5.41 Å². The van der Waals surface area contributed by atoms with E-state index >= 15 is 0 Å². The summed E-state index contributed by atoms with van der Waals surface area (Å²) < 4.78 is 0. The van der Waals surface area contributed by atoms with E-state index in [-0.39, 0.29) is 11.8 Å². The average Bonchev–Trinajstić information content (AvgIpc) is 2.26. The SMILES string of the molecule is CCCCC(C)(CCC)CCNC(=O)CCl.